The first kappa shape index (κ1) is 30.4. The van der Waals surface area contributed by atoms with Gasteiger partial charge in [0.2, 0.25) is 0 Å². The Labute approximate surface area is 239 Å². The van der Waals surface area contributed by atoms with Crippen molar-refractivity contribution in [1.82, 2.24) is 10.2 Å². The number of halogens is 1. The first-order valence-corrected chi connectivity index (χ1v) is 13.8. The standard InChI is InChI=1S/C33H40N2O3.ClH/c1-24(2)29-15-16-30(31(23-29)38-3)25-17-21-35(22-18-25)20-8-7-19-34-33(37)28-13-11-27(12-14-28)32(36)26-9-5-4-6-10-26;/h4-6,9-16,23-25H,7-8,17-22H2,1-3H3,(H,34,37);1H. The van der Waals surface area contributed by atoms with E-state index >= 15 is 0 Å². The SMILES string of the molecule is COc1cc(C(C)C)ccc1C1CCN(CCCCNC(=O)c2ccc(C(=O)c3ccccc3)cc2)CC1.Cl. The van der Waals surface area contributed by atoms with Gasteiger partial charge in [0.1, 0.15) is 5.75 Å². The first-order chi connectivity index (χ1) is 18.5. The van der Waals surface area contributed by atoms with Gasteiger partial charge in [-0.2, -0.15) is 0 Å². The molecule has 1 N–H and O–H groups in total. The number of ketones is 1. The topological polar surface area (TPSA) is 58.6 Å². The Kier molecular flexibility index (Phi) is 11.6. The van der Waals surface area contributed by atoms with E-state index in [1.54, 1.807) is 43.5 Å². The highest BCUT2D eigenvalue weighted by atomic mass is 35.5. The summed E-state index contributed by atoms with van der Waals surface area (Å²) in [7, 11) is 1.78. The van der Waals surface area contributed by atoms with Crippen molar-refractivity contribution in [3.05, 3.63) is 101 Å². The number of benzene rings is 3. The van der Waals surface area contributed by atoms with Crippen LogP contribution in [0.3, 0.4) is 0 Å². The summed E-state index contributed by atoms with van der Waals surface area (Å²) in [5.74, 6) is 1.95. The second-order valence-electron chi connectivity index (χ2n) is 10.5. The van der Waals surface area contributed by atoms with E-state index in [1.165, 1.54) is 11.1 Å². The maximum absolute atomic E-state index is 12.5. The number of rotatable bonds is 11. The van der Waals surface area contributed by atoms with E-state index in [9.17, 15) is 9.59 Å². The Morgan fingerprint density at radius 3 is 2.18 bits per heavy atom. The Bertz CT molecular complexity index is 1200. The van der Waals surface area contributed by atoms with Crippen LogP contribution in [0.1, 0.15) is 88.8 Å². The van der Waals surface area contributed by atoms with Crippen molar-refractivity contribution in [2.45, 2.75) is 51.4 Å². The molecule has 3 aromatic rings. The Hall–Kier alpha value is -3.15. The number of hydrogen-bond acceptors (Lipinski definition) is 4. The summed E-state index contributed by atoms with van der Waals surface area (Å²) in [6, 6.07) is 22.8. The lowest BCUT2D eigenvalue weighted by Gasteiger charge is -2.33. The van der Waals surface area contributed by atoms with Crippen molar-refractivity contribution in [1.29, 1.82) is 0 Å². The average molecular weight is 549 g/mol. The molecule has 208 valence electrons. The van der Waals surface area contributed by atoms with Crippen molar-refractivity contribution in [2.24, 2.45) is 0 Å². The van der Waals surface area contributed by atoms with Gasteiger partial charge in [-0.3, -0.25) is 9.59 Å². The molecular formula is C33H41ClN2O3. The summed E-state index contributed by atoms with van der Waals surface area (Å²) in [4.78, 5) is 27.6. The Morgan fingerprint density at radius 2 is 1.54 bits per heavy atom. The minimum absolute atomic E-state index is 0. The lowest BCUT2D eigenvalue weighted by Crippen LogP contribution is -2.34. The van der Waals surface area contributed by atoms with Crippen LogP contribution in [0.2, 0.25) is 0 Å². The fraction of sp³-hybridized carbons (Fsp3) is 0.394. The van der Waals surface area contributed by atoms with Crippen LogP contribution < -0.4 is 10.1 Å². The maximum Gasteiger partial charge on any atom is 0.251 e. The van der Waals surface area contributed by atoms with E-state index in [-0.39, 0.29) is 24.1 Å². The van der Waals surface area contributed by atoms with Crippen LogP contribution in [-0.2, 0) is 0 Å². The summed E-state index contributed by atoms with van der Waals surface area (Å²) in [6.07, 6.45) is 4.30. The molecule has 1 aliphatic rings. The highest BCUT2D eigenvalue weighted by Crippen LogP contribution is 2.36. The fourth-order valence-electron chi connectivity index (χ4n) is 5.19. The highest BCUT2D eigenvalue weighted by Gasteiger charge is 2.23. The zero-order valence-corrected chi connectivity index (χ0v) is 24.1. The van der Waals surface area contributed by atoms with Crippen LogP contribution in [0.4, 0.5) is 0 Å². The number of likely N-dealkylation sites (tertiary alicyclic amines) is 1. The zero-order chi connectivity index (χ0) is 26.9. The minimum Gasteiger partial charge on any atom is -0.496 e. The summed E-state index contributed by atoms with van der Waals surface area (Å²) >= 11 is 0. The van der Waals surface area contributed by atoms with Crippen LogP contribution in [0.15, 0.2) is 72.8 Å². The van der Waals surface area contributed by atoms with Crippen LogP contribution >= 0.6 is 12.4 Å². The smallest absolute Gasteiger partial charge is 0.251 e. The number of methoxy groups -OCH3 is 1. The number of ether oxygens (including phenoxy) is 1. The molecule has 0 unspecified atom stereocenters. The lowest BCUT2D eigenvalue weighted by molar-refractivity contribution is 0.0950. The van der Waals surface area contributed by atoms with Crippen LogP contribution in [0.5, 0.6) is 5.75 Å². The number of nitrogens with zero attached hydrogens (tertiary/aromatic N) is 1. The van der Waals surface area contributed by atoms with Crippen LogP contribution in [0.25, 0.3) is 0 Å². The van der Waals surface area contributed by atoms with Gasteiger partial charge in [-0.15, -0.1) is 12.4 Å². The number of nitrogens with one attached hydrogen (secondary N) is 1. The molecule has 1 saturated heterocycles. The van der Waals surface area contributed by atoms with Crippen molar-refractivity contribution in [3.8, 4) is 5.75 Å². The molecule has 6 heteroatoms. The number of carbonyl (C=O) groups excluding carboxylic acids is 2. The molecule has 0 bridgehead atoms. The first-order valence-electron chi connectivity index (χ1n) is 13.8. The van der Waals surface area contributed by atoms with Gasteiger partial charge in [-0.25, -0.2) is 0 Å². The molecule has 0 spiro atoms. The molecule has 39 heavy (non-hydrogen) atoms. The van der Waals surface area contributed by atoms with Crippen molar-refractivity contribution in [3.63, 3.8) is 0 Å². The molecule has 0 atom stereocenters. The van der Waals surface area contributed by atoms with Gasteiger partial charge in [0.25, 0.3) is 5.91 Å². The molecule has 0 saturated carbocycles. The minimum atomic E-state index is -0.0954. The largest absolute Gasteiger partial charge is 0.496 e. The third kappa shape index (κ3) is 8.17. The third-order valence-electron chi connectivity index (χ3n) is 7.58. The highest BCUT2D eigenvalue weighted by molar-refractivity contribution is 6.09. The van der Waals surface area contributed by atoms with Crippen LogP contribution in [0, 0.1) is 0 Å². The zero-order valence-electron chi connectivity index (χ0n) is 23.3. The molecule has 0 radical (unpaired) electrons. The van der Waals surface area contributed by atoms with E-state index in [4.69, 9.17) is 4.74 Å². The molecule has 4 rings (SSSR count). The predicted molar refractivity (Wildman–Crippen MR) is 161 cm³/mol. The molecule has 1 amide bonds. The molecule has 3 aromatic carbocycles. The van der Waals surface area contributed by atoms with E-state index in [0.717, 1.165) is 51.1 Å². The van der Waals surface area contributed by atoms with Crippen molar-refractivity contribution < 1.29 is 14.3 Å². The average Bonchev–Trinajstić information content (AvgIpc) is 2.97. The van der Waals surface area contributed by atoms with E-state index in [1.807, 2.05) is 18.2 Å². The number of amides is 1. The van der Waals surface area contributed by atoms with E-state index < -0.39 is 0 Å². The Balaban J connectivity index is 0.00000420. The van der Waals surface area contributed by atoms with Gasteiger partial charge in [0.15, 0.2) is 5.78 Å². The van der Waals surface area contributed by atoms with E-state index in [2.05, 4.69) is 42.3 Å². The number of carbonyl (C=O) groups is 2. The fourth-order valence-corrected chi connectivity index (χ4v) is 5.19. The number of hydrogen-bond donors (Lipinski definition) is 1. The molecule has 1 heterocycles. The molecule has 1 fully saturated rings. The van der Waals surface area contributed by atoms with Crippen molar-refractivity contribution in [2.75, 3.05) is 33.3 Å². The Morgan fingerprint density at radius 1 is 0.897 bits per heavy atom. The summed E-state index contributed by atoms with van der Waals surface area (Å²) < 4.78 is 5.73. The van der Waals surface area contributed by atoms with Crippen molar-refractivity contribution >= 4 is 24.1 Å². The summed E-state index contributed by atoms with van der Waals surface area (Å²) in [6.45, 7) is 8.33. The van der Waals surface area contributed by atoms with Gasteiger partial charge >= 0.3 is 0 Å². The van der Waals surface area contributed by atoms with Gasteiger partial charge in [-0.1, -0.05) is 68.4 Å². The number of piperidine rings is 1. The molecule has 0 aromatic heterocycles. The predicted octanol–water partition coefficient (Wildman–Crippen LogP) is 6.86. The summed E-state index contributed by atoms with van der Waals surface area (Å²) in [5.41, 5.74) is 4.48. The second kappa shape index (κ2) is 14.9. The van der Waals surface area contributed by atoms with Gasteiger partial charge in [0, 0.05) is 23.2 Å². The molecule has 0 aliphatic carbocycles. The molecular weight excluding hydrogens is 508 g/mol. The van der Waals surface area contributed by atoms with Gasteiger partial charge in [0.05, 0.1) is 7.11 Å². The monoisotopic (exact) mass is 548 g/mol. The normalized spacial score (nSPS) is 14.1. The maximum atomic E-state index is 12.5. The molecule has 1 aliphatic heterocycles. The molecule has 5 nitrogen and oxygen atoms in total. The third-order valence-corrected chi connectivity index (χ3v) is 7.58. The second-order valence-corrected chi connectivity index (χ2v) is 10.5. The van der Waals surface area contributed by atoms with Crippen LogP contribution in [-0.4, -0.2) is 49.9 Å². The summed E-state index contributed by atoms with van der Waals surface area (Å²) in [5, 5.41) is 3.01. The van der Waals surface area contributed by atoms with Gasteiger partial charge < -0.3 is 15.0 Å². The number of unbranched alkanes of at least 4 members (excludes halogenated alkanes) is 1. The van der Waals surface area contributed by atoms with Gasteiger partial charge in [-0.05, 0) is 86.5 Å². The van der Waals surface area contributed by atoms with E-state index in [0.29, 0.717) is 35.1 Å². The lowest BCUT2D eigenvalue weighted by atomic mass is 9.87. The quantitative estimate of drug-likeness (QED) is 0.210.